The van der Waals surface area contributed by atoms with Gasteiger partial charge in [-0.25, -0.2) is 0 Å². The first-order chi connectivity index (χ1) is 13.5. The summed E-state index contributed by atoms with van der Waals surface area (Å²) in [6.07, 6.45) is 4.73. The van der Waals surface area contributed by atoms with Crippen molar-refractivity contribution in [2.24, 2.45) is 0 Å². The predicted octanol–water partition coefficient (Wildman–Crippen LogP) is 3.50. The van der Waals surface area contributed by atoms with Crippen molar-refractivity contribution in [1.29, 1.82) is 5.26 Å². The Morgan fingerprint density at radius 2 is 2.04 bits per heavy atom. The van der Waals surface area contributed by atoms with E-state index in [2.05, 4.69) is 5.32 Å². The van der Waals surface area contributed by atoms with Gasteiger partial charge in [0.2, 0.25) is 0 Å². The Kier molecular flexibility index (Phi) is 7.23. The van der Waals surface area contributed by atoms with E-state index in [4.69, 9.17) is 9.47 Å². The number of allylic oxidation sites excluding steroid dienone is 2. The van der Waals surface area contributed by atoms with Crippen LogP contribution in [-0.2, 0) is 11.3 Å². The molecule has 0 radical (unpaired) electrons. The van der Waals surface area contributed by atoms with Crippen LogP contribution in [0.25, 0.3) is 6.08 Å². The highest BCUT2D eigenvalue weighted by atomic mass is 16.5. The van der Waals surface area contributed by atoms with E-state index >= 15 is 0 Å². The number of phenolic OH excluding ortho intramolecular Hbond substituents is 1. The number of hydrogen-bond donors (Lipinski definition) is 2. The van der Waals surface area contributed by atoms with E-state index in [9.17, 15) is 15.2 Å². The molecule has 2 aromatic rings. The molecule has 0 aromatic heterocycles. The monoisotopic (exact) mass is 378 g/mol. The second-order valence-corrected chi connectivity index (χ2v) is 5.93. The number of nitrogens with one attached hydrogen (secondary N) is 1. The van der Waals surface area contributed by atoms with E-state index in [1.54, 1.807) is 31.4 Å². The third kappa shape index (κ3) is 5.15. The van der Waals surface area contributed by atoms with Crippen molar-refractivity contribution in [3.05, 3.63) is 70.8 Å². The zero-order valence-electron chi connectivity index (χ0n) is 16.0. The lowest BCUT2D eigenvalue weighted by Crippen LogP contribution is -2.24. The van der Waals surface area contributed by atoms with Crippen LogP contribution in [0.2, 0.25) is 0 Å². The van der Waals surface area contributed by atoms with Crippen molar-refractivity contribution in [3.8, 4) is 23.3 Å². The van der Waals surface area contributed by atoms with Crippen LogP contribution in [0.1, 0.15) is 16.7 Å². The van der Waals surface area contributed by atoms with Gasteiger partial charge >= 0.3 is 0 Å². The molecule has 0 unspecified atom stereocenters. The number of phenols is 1. The summed E-state index contributed by atoms with van der Waals surface area (Å²) in [5, 5.41) is 21.6. The minimum atomic E-state index is -0.473. The number of aromatic hydroxyl groups is 1. The van der Waals surface area contributed by atoms with Crippen molar-refractivity contribution in [3.63, 3.8) is 0 Å². The summed E-state index contributed by atoms with van der Waals surface area (Å²) in [5.41, 5.74) is 2.54. The van der Waals surface area contributed by atoms with Crippen LogP contribution in [0, 0.1) is 18.3 Å². The molecule has 2 aromatic carbocycles. The van der Waals surface area contributed by atoms with Gasteiger partial charge < -0.3 is 19.9 Å². The molecular formula is C22H22N2O4. The fourth-order valence-electron chi connectivity index (χ4n) is 2.63. The topological polar surface area (TPSA) is 91.6 Å². The maximum absolute atomic E-state index is 12.3. The van der Waals surface area contributed by atoms with Gasteiger partial charge in [-0.05, 0) is 36.3 Å². The summed E-state index contributed by atoms with van der Waals surface area (Å²) in [4.78, 5) is 12.3. The van der Waals surface area contributed by atoms with Gasteiger partial charge in [-0.1, -0.05) is 36.4 Å². The molecule has 1 amide bonds. The van der Waals surface area contributed by atoms with Crippen molar-refractivity contribution < 1.29 is 19.4 Å². The molecule has 0 aliphatic rings. The van der Waals surface area contributed by atoms with Gasteiger partial charge in [0.1, 0.15) is 17.4 Å². The second kappa shape index (κ2) is 9.83. The van der Waals surface area contributed by atoms with Gasteiger partial charge in [0.05, 0.1) is 14.2 Å². The minimum absolute atomic E-state index is 0.0198. The van der Waals surface area contributed by atoms with Crippen LogP contribution >= 0.6 is 0 Å². The highest BCUT2D eigenvalue weighted by Gasteiger charge is 2.10. The average molecular weight is 378 g/mol. The predicted molar refractivity (Wildman–Crippen MR) is 107 cm³/mol. The number of nitrogens with zero attached hydrogens (tertiary/aromatic N) is 1. The van der Waals surface area contributed by atoms with Crippen LogP contribution in [-0.4, -0.2) is 25.2 Å². The molecule has 0 saturated carbocycles. The SMILES string of the molecule is COc1cc(/C=C/C=C(\C#N)C(=O)NCc2cccc(C)c2OC)ccc1O. The van der Waals surface area contributed by atoms with Crippen LogP contribution in [0.5, 0.6) is 17.2 Å². The molecule has 0 heterocycles. The number of benzene rings is 2. The summed E-state index contributed by atoms with van der Waals surface area (Å²) < 4.78 is 10.4. The highest BCUT2D eigenvalue weighted by molar-refractivity contribution is 5.97. The fourth-order valence-corrected chi connectivity index (χ4v) is 2.63. The van der Waals surface area contributed by atoms with Gasteiger partial charge in [-0.2, -0.15) is 5.26 Å². The number of aryl methyl sites for hydroxylation is 1. The lowest BCUT2D eigenvalue weighted by molar-refractivity contribution is -0.117. The van der Waals surface area contributed by atoms with Gasteiger partial charge in [-0.3, -0.25) is 4.79 Å². The van der Waals surface area contributed by atoms with E-state index < -0.39 is 5.91 Å². The standard InChI is InChI=1S/C22H22N2O4/c1-15-6-4-9-18(21(15)28-3)14-24-22(26)17(13-23)8-5-7-16-10-11-19(25)20(12-16)27-2/h4-12,25H,14H2,1-3H3,(H,24,26)/b7-5+,17-8+. The molecule has 2 N–H and O–H groups in total. The number of para-hydroxylation sites is 1. The zero-order valence-corrected chi connectivity index (χ0v) is 16.0. The Hall–Kier alpha value is -3.72. The number of nitriles is 1. The Balaban J connectivity index is 2.07. The molecule has 0 fully saturated rings. The lowest BCUT2D eigenvalue weighted by atomic mass is 10.1. The molecule has 0 aliphatic carbocycles. The largest absolute Gasteiger partial charge is 0.504 e. The van der Waals surface area contributed by atoms with E-state index in [1.807, 2.05) is 31.2 Å². The Labute approximate surface area is 164 Å². The molecule has 2 rings (SSSR count). The van der Waals surface area contributed by atoms with E-state index in [1.165, 1.54) is 19.3 Å². The number of hydrogen-bond acceptors (Lipinski definition) is 5. The summed E-state index contributed by atoms with van der Waals surface area (Å²) in [7, 11) is 3.04. The highest BCUT2D eigenvalue weighted by Crippen LogP contribution is 2.26. The van der Waals surface area contributed by atoms with Gasteiger partial charge in [-0.15, -0.1) is 0 Å². The van der Waals surface area contributed by atoms with Gasteiger partial charge in [0.15, 0.2) is 11.5 Å². The zero-order chi connectivity index (χ0) is 20.5. The molecule has 0 atom stereocenters. The fraction of sp³-hybridized carbons (Fsp3) is 0.182. The van der Waals surface area contributed by atoms with Gasteiger partial charge in [0, 0.05) is 12.1 Å². The molecule has 0 spiro atoms. The van der Waals surface area contributed by atoms with Crippen LogP contribution < -0.4 is 14.8 Å². The third-order valence-corrected chi connectivity index (χ3v) is 4.06. The van der Waals surface area contributed by atoms with Crippen LogP contribution in [0.3, 0.4) is 0 Å². The molecule has 0 bridgehead atoms. The average Bonchev–Trinajstić information content (AvgIpc) is 2.70. The molecule has 144 valence electrons. The summed E-state index contributed by atoms with van der Waals surface area (Å²) in [6.45, 7) is 2.18. The van der Waals surface area contributed by atoms with Crippen molar-refractivity contribution >= 4 is 12.0 Å². The normalized spacial score (nSPS) is 11.1. The van der Waals surface area contributed by atoms with Crippen LogP contribution in [0.4, 0.5) is 0 Å². The maximum Gasteiger partial charge on any atom is 0.262 e. The molecular weight excluding hydrogens is 356 g/mol. The number of rotatable bonds is 7. The number of amides is 1. The number of ether oxygens (including phenoxy) is 2. The first-order valence-corrected chi connectivity index (χ1v) is 8.56. The Bertz CT molecular complexity index is 955. The van der Waals surface area contributed by atoms with Crippen LogP contribution in [0.15, 0.2) is 54.1 Å². The van der Waals surface area contributed by atoms with Gasteiger partial charge in [0.25, 0.3) is 5.91 Å². The maximum atomic E-state index is 12.3. The molecule has 6 nitrogen and oxygen atoms in total. The lowest BCUT2D eigenvalue weighted by Gasteiger charge is -2.11. The third-order valence-electron chi connectivity index (χ3n) is 4.06. The smallest absolute Gasteiger partial charge is 0.262 e. The van der Waals surface area contributed by atoms with Crippen molar-refractivity contribution in [2.75, 3.05) is 14.2 Å². The van der Waals surface area contributed by atoms with Crippen molar-refractivity contribution in [2.45, 2.75) is 13.5 Å². The Morgan fingerprint density at radius 1 is 1.25 bits per heavy atom. The first-order valence-electron chi connectivity index (χ1n) is 8.56. The van der Waals surface area contributed by atoms with Crippen molar-refractivity contribution in [1.82, 2.24) is 5.32 Å². The number of carbonyl (C=O) groups excluding carboxylic acids is 1. The molecule has 6 heteroatoms. The number of carbonyl (C=O) groups is 1. The number of methoxy groups -OCH3 is 2. The molecule has 0 aliphatic heterocycles. The summed E-state index contributed by atoms with van der Waals surface area (Å²) in [6, 6.07) is 12.4. The van der Waals surface area contributed by atoms with E-state index in [0.29, 0.717) is 11.5 Å². The second-order valence-electron chi connectivity index (χ2n) is 5.93. The Morgan fingerprint density at radius 3 is 2.71 bits per heavy atom. The quantitative estimate of drug-likeness (QED) is 0.437. The van der Waals surface area contributed by atoms with E-state index in [-0.39, 0.29) is 17.9 Å². The summed E-state index contributed by atoms with van der Waals surface area (Å²) in [5.74, 6) is 0.626. The molecule has 28 heavy (non-hydrogen) atoms. The summed E-state index contributed by atoms with van der Waals surface area (Å²) >= 11 is 0. The first kappa shape index (κ1) is 20.6. The van der Waals surface area contributed by atoms with E-state index in [0.717, 1.165) is 16.7 Å². The minimum Gasteiger partial charge on any atom is -0.504 e. The molecule has 0 saturated heterocycles.